The molecule has 1 aliphatic heterocycles. The van der Waals surface area contributed by atoms with Crippen LogP contribution >= 0.6 is 0 Å². The predicted molar refractivity (Wildman–Crippen MR) is 121 cm³/mol. The van der Waals surface area contributed by atoms with Gasteiger partial charge in [0.05, 0.1) is 0 Å². The molecule has 1 heterocycles. The van der Waals surface area contributed by atoms with E-state index in [0.29, 0.717) is 0 Å². The highest BCUT2D eigenvalue weighted by atomic mass is 16.6. The number of carboxylic acid groups (broad SMARTS) is 1. The topological polar surface area (TPSA) is 119 Å². The average molecular weight is 453 g/mol. The Balaban J connectivity index is 1.59. The molecule has 8 heteroatoms. The Morgan fingerprint density at radius 1 is 1.06 bits per heavy atom. The standard InChI is InChI=1S/C25H28N2O6/c1-24(2,3)33-22(30)25(21(28)29)12-15(26)13-27(25)23(31)32-14-20-18-10-6-4-8-16(18)17-9-5-7-11-19(17)20/h4-11,15,20H,12-14,26H2,1-3H3,(H,28,29)/t15?,25-/m0/s1. The highest BCUT2D eigenvalue weighted by Gasteiger charge is 2.61. The fraction of sp³-hybridized carbons (Fsp3) is 0.400. The number of carboxylic acids is 1. The maximum Gasteiger partial charge on any atom is 0.411 e. The van der Waals surface area contributed by atoms with Crippen molar-refractivity contribution >= 4 is 18.0 Å². The van der Waals surface area contributed by atoms with E-state index < -0.39 is 35.2 Å². The van der Waals surface area contributed by atoms with Crippen LogP contribution < -0.4 is 5.73 Å². The highest BCUT2D eigenvalue weighted by molar-refractivity contribution is 6.07. The second kappa shape index (κ2) is 8.19. The Morgan fingerprint density at radius 3 is 2.12 bits per heavy atom. The van der Waals surface area contributed by atoms with Gasteiger partial charge >= 0.3 is 18.0 Å². The number of amides is 1. The maximum atomic E-state index is 13.1. The molecular weight excluding hydrogens is 424 g/mol. The molecule has 2 aromatic carbocycles. The molecule has 0 aromatic heterocycles. The third-order valence-corrected chi connectivity index (χ3v) is 6.08. The normalized spacial score (nSPS) is 21.9. The van der Waals surface area contributed by atoms with Crippen LogP contribution in [-0.4, -0.2) is 58.4 Å². The molecule has 0 spiro atoms. The van der Waals surface area contributed by atoms with Gasteiger partial charge < -0.3 is 20.3 Å². The van der Waals surface area contributed by atoms with Crippen LogP contribution in [0.5, 0.6) is 0 Å². The number of carbonyl (C=O) groups excluding carboxylic acids is 2. The molecule has 174 valence electrons. The first-order chi connectivity index (χ1) is 15.5. The molecule has 4 rings (SSSR count). The van der Waals surface area contributed by atoms with Crippen LogP contribution in [0.15, 0.2) is 48.5 Å². The summed E-state index contributed by atoms with van der Waals surface area (Å²) in [5, 5.41) is 10.0. The van der Waals surface area contributed by atoms with Gasteiger partial charge in [-0.2, -0.15) is 0 Å². The molecule has 1 amide bonds. The Bertz CT molecular complexity index is 1060. The second-order valence-electron chi connectivity index (χ2n) is 9.55. The number of ether oxygens (including phenoxy) is 2. The molecule has 2 aromatic rings. The van der Waals surface area contributed by atoms with Crippen molar-refractivity contribution < 1.29 is 29.0 Å². The summed E-state index contributed by atoms with van der Waals surface area (Å²) >= 11 is 0. The molecule has 1 aliphatic carbocycles. The zero-order valence-corrected chi connectivity index (χ0v) is 18.9. The van der Waals surface area contributed by atoms with Crippen molar-refractivity contribution in [3.05, 3.63) is 59.7 Å². The van der Waals surface area contributed by atoms with Gasteiger partial charge in [-0.3, -0.25) is 4.90 Å². The van der Waals surface area contributed by atoms with E-state index in [-0.39, 0.29) is 25.5 Å². The van der Waals surface area contributed by atoms with Gasteiger partial charge in [0, 0.05) is 24.9 Å². The molecule has 1 saturated heterocycles. The van der Waals surface area contributed by atoms with Crippen molar-refractivity contribution in [1.82, 2.24) is 4.90 Å². The van der Waals surface area contributed by atoms with Gasteiger partial charge in [-0.15, -0.1) is 0 Å². The fourth-order valence-electron chi connectivity index (χ4n) is 4.69. The van der Waals surface area contributed by atoms with Crippen LogP contribution in [0.1, 0.15) is 44.2 Å². The van der Waals surface area contributed by atoms with E-state index in [2.05, 4.69) is 0 Å². The summed E-state index contributed by atoms with van der Waals surface area (Å²) in [6.07, 6.45) is -1.15. The maximum absolute atomic E-state index is 13.1. The molecule has 1 fully saturated rings. The Labute approximate surface area is 192 Å². The van der Waals surface area contributed by atoms with Gasteiger partial charge in [0.1, 0.15) is 12.2 Å². The molecule has 2 atom stereocenters. The molecule has 1 unspecified atom stereocenters. The number of nitrogens with two attached hydrogens (primary N) is 1. The summed E-state index contributed by atoms with van der Waals surface area (Å²) in [6.45, 7) is 4.78. The van der Waals surface area contributed by atoms with Crippen LogP contribution in [0.4, 0.5) is 4.79 Å². The minimum absolute atomic E-state index is 0.00259. The number of esters is 1. The predicted octanol–water partition coefficient (Wildman–Crippen LogP) is 3.13. The number of hydrogen-bond donors (Lipinski definition) is 2. The molecule has 0 radical (unpaired) electrons. The lowest BCUT2D eigenvalue weighted by molar-refractivity contribution is -0.176. The summed E-state index contributed by atoms with van der Waals surface area (Å²) in [6, 6.07) is 15.1. The smallest absolute Gasteiger partial charge is 0.411 e. The Hall–Kier alpha value is -3.39. The third-order valence-electron chi connectivity index (χ3n) is 6.08. The van der Waals surface area contributed by atoms with Crippen LogP contribution in [-0.2, 0) is 19.1 Å². The first kappa shape index (κ1) is 22.8. The Morgan fingerprint density at radius 2 is 1.61 bits per heavy atom. The van der Waals surface area contributed by atoms with E-state index in [1.807, 2.05) is 48.5 Å². The summed E-state index contributed by atoms with van der Waals surface area (Å²) < 4.78 is 11.0. The first-order valence-electron chi connectivity index (χ1n) is 10.9. The van der Waals surface area contributed by atoms with Crippen LogP contribution in [0.3, 0.4) is 0 Å². The number of likely N-dealkylation sites (tertiary alicyclic amines) is 1. The minimum atomic E-state index is -2.23. The number of carbonyl (C=O) groups is 3. The van der Waals surface area contributed by atoms with E-state index in [0.717, 1.165) is 27.2 Å². The average Bonchev–Trinajstić information content (AvgIpc) is 3.27. The molecule has 8 nitrogen and oxygen atoms in total. The highest BCUT2D eigenvalue weighted by Crippen LogP contribution is 2.44. The number of nitrogens with zero attached hydrogens (tertiary/aromatic N) is 1. The first-order valence-corrected chi connectivity index (χ1v) is 10.9. The largest absolute Gasteiger partial charge is 0.479 e. The SMILES string of the molecule is CC(C)(C)OC(=O)[C@@]1(C(=O)O)CC(N)CN1C(=O)OCC1c2ccccc2-c2ccccc21. The lowest BCUT2D eigenvalue weighted by Crippen LogP contribution is -2.60. The number of rotatable bonds is 4. The molecule has 0 saturated carbocycles. The summed E-state index contributed by atoms with van der Waals surface area (Å²) in [5.41, 5.74) is 7.05. The lowest BCUT2D eigenvalue weighted by atomic mass is 9.94. The second-order valence-corrected chi connectivity index (χ2v) is 9.55. The van der Waals surface area contributed by atoms with Crippen molar-refractivity contribution in [2.45, 2.75) is 50.3 Å². The van der Waals surface area contributed by atoms with Gasteiger partial charge in [-0.1, -0.05) is 48.5 Å². The summed E-state index contributed by atoms with van der Waals surface area (Å²) in [7, 11) is 0. The van der Waals surface area contributed by atoms with Crippen LogP contribution in [0.25, 0.3) is 11.1 Å². The number of hydrogen-bond acceptors (Lipinski definition) is 6. The minimum Gasteiger partial charge on any atom is -0.479 e. The lowest BCUT2D eigenvalue weighted by Gasteiger charge is -2.34. The van der Waals surface area contributed by atoms with E-state index in [1.54, 1.807) is 20.8 Å². The van der Waals surface area contributed by atoms with Gasteiger partial charge in [-0.25, -0.2) is 14.4 Å². The van der Waals surface area contributed by atoms with Crippen molar-refractivity contribution in [3.63, 3.8) is 0 Å². The van der Waals surface area contributed by atoms with Crippen molar-refractivity contribution in [3.8, 4) is 11.1 Å². The van der Waals surface area contributed by atoms with Crippen molar-refractivity contribution in [1.29, 1.82) is 0 Å². The third kappa shape index (κ3) is 3.95. The van der Waals surface area contributed by atoms with Gasteiger partial charge in [0.15, 0.2) is 0 Å². The molecule has 2 aliphatic rings. The number of fused-ring (bicyclic) bond motifs is 3. The van der Waals surface area contributed by atoms with E-state index in [1.165, 1.54) is 0 Å². The number of aliphatic carboxylic acids is 1. The van der Waals surface area contributed by atoms with Crippen molar-refractivity contribution in [2.75, 3.05) is 13.2 Å². The van der Waals surface area contributed by atoms with Gasteiger partial charge in [-0.05, 0) is 43.0 Å². The Kier molecular flexibility index (Phi) is 5.66. The summed E-state index contributed by atoms with van der Waals surface area (Å²) in [4.78, 5) is 39.3. The summed E-state index contributed by atoms with van der Waals surface area (Å²) in [5.74, 6) is -2.71. The van der Waals surface area contributed by atoms with Gasteiger partial charge in [0.2, 0.25) is 5.54 Å². The molecule has 0 bridgehead atoms. The van der Waals surface area contributed by atoms with Crippen LogP contribution in [0.2, 0.25) is 0 Å². The quantitative estimate of drug-likeness (QED) is 0.540. The molecule has 33 heavy (non-hydrogen) atoms. The number of benzene rings is 2. The molecular formula is C25H28N2O6. The zero-order chi connectivity index (χ0) is 24.0. The van der Waals surface area contributed by atoms with Crippen molar-refractivity contribution in [2.24, 2.45) is 5.73 Å². The van der Waals surface area contributed by atoms with Gasteiger partial charge in [0.25, 0.3) is 0 Å². The zero-order valence-electron chi connectivity index (χ0n) is 18.9. The van der Waals surface area contributed by atoms with Crippen LogP contribution in [0, 0.1) is 0 Å². The van der Waals surface area contributed by atoms with E-state index >= 15 is 0 Å². The van der Waals surface area contributed by atoms with E-state index in [9.17, 15) is 19.5 Å². The van der Waals surface area contributed by atoms with E-state index in [4.69, 9.17) is 15.2 Å². The fourth-order valence-corrected chi connectivity index (χ4v) is 4.69. The molecule has 3 N–H and O–H groups in total. The monoisotopic (exact) mass is 452 g/mol.